The molecule has 0 aliphatic carbocycles. The third-order valence-corrected chi connectivity index (χ3v) is 4.77. The molecule has 3 aromatic rings. The van der Waals surface area contributed by atoms with E-state index in [9.17, 15) is 14.4 Å². The Morgan fingerprint density at radius 2 is 2.12 bits per heavy atom. The number of hydrogen-bond acceptors (Lipinski definition) is 6. The summed E-state index contributed by atoms with van der Waals surface area (Å²) in [6, 6.07) is 3.36. The number of carbonyl (C=O) groups excluding carboxylic acids is 2. The Morgan fingerprint density at radius 3 is 2.83 bits per heavy atom. The second-order valence-electron chi connectivity index (χ2n) is 4.79. The number of nitrogens with one attached hydrogen (secondary N) is 2. The molecule has 3 heterocycles. The predicted molar refractivity (Wildman–Crippen MR) is 90.4 cm³/mol. The Morgan fingerprint density at radius 1 is 1.33 bits per heavy atom. The molecular weight excluding hydrogens is 400 g/mol. The normalized spacial score (nSPS) is 10.8. The largest absolute Gasteiger partial charge is 0.289 e. The maximum Gasteiger partial charge on any atom is 0.279 e. The van der Waals surface area contributed by atoms with Gasteiger partial charge in [0.1, 0.15) is 18.3 Å². The summed E-state index contributed by atoms with van der Waals surface area (Å²) in [5, 5.41) is 4.27. The van der Waals surface area contributed by atoms with E-state index in [1.807, 2.05) is 0 Å². The maximum absolute atomic E-state index is 12.2. The van der Waals surface area contributed by atoms with Crippen molar-refractivity contribution in [3.05, 3.63) is 43.7 Å². The van der Waals surface area contributed by atoms with Crippen molar-refractivity contribution in [3.8, 4) is 0 Å². The summed E-state index contributed by atoms with van der Waals surface area (Å²) < 4.78 is 3.43. The number of hydrogen-bond donors (Lipinski definition) is 2. The Labute approximate surface area is 147 Å². The lowest BCUT2D eigenvalue weighted by Crippen LogP contribution is -2.44. The zero-order valence-electron chi connectivity index (χ0n) is 12.3. The van der Waals surface area contributed by atoms with Gasteiger partial charge in [-0.15, -0.1) is 11.3 Å². The molecule has 0 atom stereocenters. The molecule has 3 aromatic heterocycles. The van der Waals surface area contributed by atoms with Crippen molar-refractivity contribution in [1.29, 1.82) is 0 Å². The summed E-state index contributed by atoms with van der Waals surface area (Å²) in [4.78, 5) is 40.5. The first kappa shape index (κ1) is 16.3. The summed E-state index contributed by atoms with van der Waals surface area (Å²) in [7, 11) is 1.67. The highest BCUT2D eigenvalue weighted by atomic mass is 79.9. The smallest absolute Gasteiger partial charge is 0.279 e. The highest BCUT2D eigenvalue weighted by Crippen LogP contribution is 2.21. The van der Waals surface area contributed by atoms with Crippen molar-refractivity contribution < 1.29 is 9.59 Å². The molecule has 0 radical (unpaired) electrons. The molecule has 24 heavy (non-hydrogen) atoms. The van der Waals surface area contributed by atoms with Crippen LogP contribution in [0.5, 0.6) is 0 Å². The van der Waals surface area contributed by atoms with Crippen LogP contribution in [0.2, 0.25) is 0 Å². The molecule has 124 valence electrons. The van der Waals surface area contributed by atoms with Gasteiger partial charge in [0.15, 0.2) is 5.65 Å². The average Bonchev–Trinajstić information content (AvgIpc) is 3.15. The van der Waals surface area contributed by atoms with Crippen molar-refractivity contribution in [2.45, 2.75) is 6.54 Å². The molecule has 0 aliphatic heterocycles. The molecule has 2 amide bonds. The van der Waals surface area contributed by atoms with Gasteiger partial charge < -0.3 is 0 Å². The average molecular weight is 411 g/mol. The van der Waals surface area contributed by atoms with E-state index in [0.29, 0.717) is 15.9 Å². The van der Waals surface area contributed by atoms with Gasteiger partial charge in [0.2, 0.25) is 0 Å². The van der Waals surface area contributed by atoms with Crippen molar-refractivity contribution in [3.63, 3.8) is 0 Å². The minimum atomic E-state index is -0.550. The first-order valence-electron chi connectivity index (χ1n) is 6.67. The van der Waals surface area contributed by atoms with Gasteiger partial charge in [0.25, 0.3) is 17.4 Å². The molecule has 3 rings (SSSR count). The minimum Gasteiger partial charge on any atom is -0.289 e. The van der Waals surface area contributed by atoms with Crippen LogP contribution in [0, 0.1) is 0 Å². The summed E-state index contributed by atoms with van der Waals surface area (Å²) in [5.74, 6) is -0.988. The van der Waals surface area contributed by atoms with E-state index in [1.165, 1.54) is 28.5 Å². The number of rotatable bonds is 3. The van der Waals surface area contributed by atoms with Gasteiger partial charge in [-0.2, -0.15) is 5.10 Å². The second kappa shape index (κ2) is 6.53. The van der Waals surface area contributed by atoms with Gasteiger partial charge in [0, 0.05) is 7.05 Å². The predicted octanol–water partition coefficient (Wildman–Crippen LogP) is 0.415. The van der Waals surface area contributed by atoms with Gasteiger partial charge in [-0.3, -0.25) is 34.5 Å². The Bertz CT molecular complexity index is 991. The molecule has 9 nitrogen and oxygen atoms in total. The monoisotopic (exact) mass is 410 g/mol. The summed E-state index contributed by atoms with van der Waals surface area (Å²) >= 11 is 4.49. The SMILES string of the molecule is Cn1ncc2c(=O)n(CC(=O)NNC(=O)c3ccc(Br)s3)cnc21. The van der Waals surface area contributed by atoms with Crippen LogP contribution in [0.3, 0.4) is 0 Å². The standard InChI is InChI=1S/C13H11BrN6O3S/c1-19-11-7(4-16-19)13(23)20(6-15-11)5-10(21)17-18-12(22)8-2-3-9(14)24-8/h2-4,6H,5H2,1H3,(H,17,21)(H,18,22). The van der Waals surface area contributed by atoms with E-state index in [0.717, 1.165) is 8.35 Å². The number of carbonyl (C=O) groups is 2. The lowest BCUT2D eigenvalue weighted by molar-refractivity contribution is -0.122. The second-order valence-corrected chi connectivity index (χ2v) is 7.25. The number of amides is 2. The molecule has 0 bridgehead atoms. The first-order valence-corrected chi connectivity index (χ1v) is 8.28. The highest BCUT2D eigenvalue weighted by molar-refractivity contribution is 9.11. The van der Waals surface area contributed by atoms with Crippen LogP contribution in [0.25, 0.3) is 11.0 Å². The molecule has 2 N–H and O–H groups in total. The third-order valence-electron chi connectivity index (χ3n) is 3.14. The quantitative estimate of drug-likeness (QED) is 0.607. The van der Waals surface area contributed by atoms with E-state index in [4.69, 9.17) is 0 Å². The van der Waals surface area contributed by atoms with Crippen LogP contribution >= 0.6 is 27.3 Å². The highest BCUT2D eigenvalue weighted by Gasteiger charge is 2.12. The molecular formula is C13H11BrN6O3S. The van der Waals surface area contributed by atoms with Crippen LogP contribution in [-0.4, -0.2) is 31.1 Å². The minimum absolute atomic E-state index is 0.273. The van der Waals surface area contributed by atoms with Crippen LogP contribution in [0.15, 0.2) is 33.2 Å². The number of aryl methyl sites for hydroxylation is 1. The Hall–Kier alpha value is -2.53. The summed E-state index contributed by atoms with van der Waals surface area (Å²) in [6.45, 7) is -0.273. The van der Waals surface area contributed by atoms with Gasteiger partial charge in [-0.1, -0.05) is 0 Å². The van der Waals surface area contributed by atoms with Crippen molar-refractivity contribution in [2.24, 2.45) is 7.05 Å². The van der Waals surface area contributed by atoms with Gasteiger partial charge in [-0.05, 0) is 28.1 Å². The molecule has 0 aromatic carbocycles. The van der Waals surface area contributed by atoms with Gasteiger partial charge >= 0.3 is 0 Å². The topological polar surface area (TPSA) is 111 Å². The van der Waals surface area contributed by atoms with E-state index in [2.05, 4.69) is 36.9 Å². The molecule has 0 saturated carbocycles. The Balaban J connectivity index is 1.66. The first-order chi connectivity index (χ1) is 11.5. The zero-order chi connectivity index (χ0) is 17.3. The molecule has 0 spiro atoms. The van der Waals surface area contributed by atoms with Gasteiger partial charge in [-0.25, -0.2) is 4.98 Å². The third kappa shape index (κ3) is 3.21. The van der Waals surface area contributed by atoms with Crippen LogP contribution in [0.4, 0.5) is 0 Å². The molecule has 0 fully saturated rings. The molecule has 0 saturated heterocycles. The fourth-order valence-electron chi connectivity index (χ4n) is 2.00. The number of nitrogens with zero attached hydrogens (tertiary/aromatic N) is 4. The fraction of sp³-hybridized carbons (Fsp3) is 0.154. The lowest BCUT2D eigenvalue weighted by Gasteiger charge is -2.08. The fourth-order valence-corrected chi connectivity index (χ4v) is 3.28. The van der Waals surface area contributed by atoms with Crippen molar-refractivity contribution in [1.82, 2.24) is 30.2 Å². The molecule has 0 aliphatic rings. The zero-order valence-corrected chi connectivity index (χ0v) is 14.7. The number of hydrazine groups is 1. The van der Waals surface area contributed by atoms with E-state index < -0.39 is 11.8 Å². The van der Waals surface area contributed by atoms with E-state index in [1.54, 1.807) is 19.2 Å². The van der Waals surface area contributed by atoms with Crippen molar-refractivity contribution in [2.75, 3.05) is 0 Å². The Kier molecular flexibility index (Phi) is 4.44. The van der Waals surface area contributed by atoms with E-state index in [-0.39, 0.29) is 12.1 Å². The van der Waals surface area contributed by atoms with Gasteiger partial charge in [0.05, 0.1) is 14.9 Å². The van der Waals surface area contributed by atoms with Crippen molar-refractivity contribution >= 4 is 50.1 Å². The summed E-state index contributed by atoms with van der Waals surface area (Å²) in [6.07, 6.45) is 2.67. The number of aromatic nitrogens is 4. The lowest BCUT2D eigenvalue weighted by atomic mass is 10.4. The maximum atomic E-state index is 12.2. The molecule has 0 unspecified atom stereocenters. The number of halogens is 1. The van der Waals surface area contributed by atoms with Crippen LogP contribution in [-0.2, 0) is 18.4 Å². The van der Waals surface area contributed by atoms with E-state index >= 15 is 0 Å². The van der Waals surface area contributed by atoms with Crippen LogP contribution < -0.4 is 16.4 Å². The number of fused-ring (bicyclic) bond motifs is 1. The van der Waals surface area contributed by atoms with Crippen LogP contribution in [0.1, 0.15) is 9.67 Å². The summed E-state index contributed by atoms with van der Waals surface area (Å²) in [5.41, 5.74) is 4.62. The number of thiophene rings is 1. The molecule has 11 heteroatoms.